The van der Waals surface area contributed by atoms with E-state index in [2.05, 4.69) is 24.0 Å². The zero-order chi connectivity index (χ0) is 8.10. The van der Waals surface area contributed by atoms with E-state index in [1.807, 2.05) is 25.3 Å². The largest absolute Gasteiger partial charge is 0.261 e. The van der Waals surface area contributed by atoms with Crippen molar-refractivity contribution in [3.05, 3.63) is 35.7 Å². The summed E-state index contributed by atoms with van der Waals surface area (Å²) in [5.41, 5.74) is 2.32. The maximum atomic E-state index is 4.26. The first-order chi connectivity index (χ1) is 5.36. The van der Waals surface area contributed by atoms with E-state index in [0.717, 1.165) is 12.1 Å². The SMILES string of the molecule is C/C=C/c1ccc(CC)nc1. The summed E-state index contributed by atoms with van der Waals surface area (Å²) in [5, 5.41) is 0. The first-order valence-corrected chi connectivity index (χ1v) is 3.94. The van der Waals surface area contributed by atoms with Gasteiger partial charge in [-0.1, -0.05) is 25.1 Å². The van der Waals surface area contributed by atoms with Crippen molar-refractivity contribution in [1.82, 2.24) is 4.98 Å². The molecule has 0 aliphatic heterocycles. The maximum absolute atomic E-state index is 4.26. The number of allylic oxidation sites excluding steroid dienone is 1. The molecule has 11 heavy (non-hydrogen) atoms. The van der Waals surface area contributed by atoms with Crippen molar-refractivity contribution in [1.29, 1.82) is 0 Å². The van der Waals surface area contributed by atoms with Gasteiger partial charge in [0, 0.05) is 11.9 Å². The third-order valence-corrected chi connectivity index (χ3v) is 1.57. The van der Waals surface area contributed by atoms with Crippen molar-refractivity contribution in [2.24, 2.45) is 0 Å². The van der Waals surface area contributed by atoms with E-state index in [-0.39, 0.29) is 0 Å². The second kappa shape index (κ2) is 3.91. The molecule has 0 unspecified atom stereocenters. The first kappa shape index (κ1) is 7.99. The molecule has 0 aliphatic carbocycles. The fourth-order valence-electron chi connectivity index (χ4n) is 0.936. The Labute approximate surface area is 67.8 Å². The van der Waals surface area contributed by atoms with Crippen LogP contribution in [0.1, 0.15) is 25.1 Å². The molecule has 0 N–H and O–H groups in total. The average Bonchev–Trinajstić information content (AvgIpc) is 2.07. The van der Waals surface area contributed by atoms with Crippen LogP contribution in [0.4, 0.5) is 0 Å². The van der Waals surface area contributed by atoms with Gasteiger partial charge in [0.15, 0.2) is 0 Å². The summed E-state index contributed by atoms with van der Waals surface area (Å²) >= 11 is 0. The molecule has 1 rings (SSSR count). The third-order valence-electron chi connectivity index (χ3n) is 1.57. The Morgan fingerprint density at radius 1 is 1.45 bits per heavy atom. The molecule has 58 valence electrons. The molecule has 1 nitrogen and oxygen atoms in total. The highest BCUT2D eigenvalue weighted by Crippen LogP contribution is 2.02. The molecule has 0 aliphatic rings. The summed E-state index contributed by atoms with van der Waals surface area (Å²) in [4.78, 5) is 4.26. The predicted molar refractivity (Wildman–Crippen MR) is 48.3 cm³/mol. The first-order valence-electron chi connectivity index (χ1n) is 3.94. The van der Waals surface area contributed by atoms with Crippen LogP contribution < -0.4 is 0 Å². The van der Waals surface area contributed by atoms with Crippen LogP contribution in [-0.2, 0) is 6.42 Å². The molecule has 0 saturated carbocycles. The van der Waals surface area contributed by atoms with E-state index in [0.29, 0.717) is 0 Å². The topological polar surface area (TPSA) is 12.9 Å². The molecule has 0 atom stereocenters. The van der Waals surface area contributed by atoms with Crippen LogP contribution >= 0.6 is 0 Å². The van der Waals surface area contributed by atoms with Crippen LogP contribution in [0.3, 0.4) is 0 Å². The van der Waals surface area contributed by atoms with Crippen LogP contribution in [0.25, 0.3) is 6.08 Å². The molecule has 0 saturated heterocycles. The molecular formula is C10H13N. The minimum Gasteiger partial charge on any atom is -0.261 e. The van der Waals surface area contributed by atoms with Gasteiger partial charge in [0.25, 0.3) is 0 Å². The van der Waals surface area contributed by atoms with Gasteiger partial charge in [-0.25, -0.2) is 0 Å². The number of aromatic nitrogens is 1. The number of pyridine rings is 1. The lowest BCUT2D eigenvalue weighted by Crippen LogP contribution is -1.85. The number of hydrogen-bond acceptors (Lipinski definition) is 1. The minimum atomic E-state index is 1.01. The molecule has 1 aromatic rings. The highest BCUT2D eigenvalue weighted by molar-refractivity contribution is 5.47. The van der Waals surface area contributed by atoms with Gasteiger partial charge in [-0.15, -0.1) is 0 Å². The maximum Gasteiger partial charge on any atom is 0.0401 e. The second-order valence-corrected chi connectivity index (χ2v) is 2.44. The molecule has 0 spiro atoms. The van der Waals surface area contributed by atoms with Crippen molar-refractivity contribution in [2.75, 3.05) is 0 Å². The van der Waals surface area contributed by atoms with E-state index in [4.69, 9.17) is 0 Å². The van der Waals surface area contributed by atoms with Crippen LogP contribution in [0.15, 0.2) is 24.4 Å². The van der Waals surface area contributed by atoms with Gasteiger partial charge < -0.3 is 0 Å². The number of rotatable bonds is 2. The Hall–Kier alpha value is -1.11. The zero-order valence-corrected chi connectivity index (χ0v) is 7.04. The van der Waals surface area contributed by atoms with Gasteiger partial charge in [0.05, 0.1) is 0 Å². The zero-order valence-electron chi connectivity index (χ0n) is 7.04. The van der Waals surface area contributed by atoms with Crippen LogP contribution in [0.2, 0.25) is 0 Å². The molecule has 0 aromatic carbocycles. The summed E-state index contributed by atoms with van der Waals surface area (Å²) < 4.78 is 0. The number of hydrogen-bond donors (Lipinski definition) is 0. The fourth-order valence-corrected chi connectivity index (χ4v) is 0.936. The summed E-state index contributed by atoms with van der Waals surface area (Å²) in [6.45, 7) is 4.12. The van der Waals surface area contributed by atoms with Crippen molar-refractivity contribution >= 4 is 6.08 Å². The summed E-state index contributed by atoms with van der Waals surface area (Å²) in [7, 11) is 0. The van der Waals surface area contributed by atoms with Gasteiger partial charge in [0.1, 0.15) is 0 Å². The fraction of sp³-hybridized carbons (Fsp3) is 0.300. The standard InChI is InChI=1S/C10H13N/c1-3-5-9-6-7-10(4-2)11-8-9/h3,5-8H,4H2,1-2H3/b5-3+. The quantitative estimate of drug-likeness (QED) is 0.626. The molecular weight excluding hydrogens is 134 g/mol. The molecule has 0 radical (unpaired) electrons. The normalized spacial score (nSPS) is 10.7. The Balaban J connectivity index is 2.82. The van der Waals surface area contributed by atoms with Crippen LogP contribution in [0, 0.1) is 0 Å². The van der Waals surface area contributed by atoms with E-state index < -0.39 is 0 Å². The molecule has 0 amide bonds. The van der Waals surface area contributed by atoms with Crippen LogP contribution in [-0.4, -0.2) is 4.98 Å². The highest BCUT2D eigenvalue weighted by atomic mass is 14.7. The number of nitrogens with zero attached hydrogens (tertiary/aromatic N) is 1. The Bertz CT molecular complexity index is 234. The van der Waals surface area contributed by atoms with E-state index in [1.165, 1.54) is 5.56 Å². The lowest BCUT2D eigenvalue weighted by Gasteiger charge is -1.95. The van der Waals surface area contributed by atoms with Gasteiger partial charge in [-0.2, -0.15) is 0 Å². The van der Waals surface area contributed by atoms with Gasteiger partial charge in [-0.3, -0.25) is 4.98 Å². The van der Waals surface area contributed by atoms with E-state index in [9.17, 15) is 0 Å². The second-order valence-electron chi connectivity index (χ2n) is 2.44. The van der Waals surface area contributed by atoms with Gasteiger partial charge in [-0.05, 0) is 25.0 Å². The van der Waals surface area contributed by atoms with Gasteiger partial charge >= 0.3 is 0 Å². The third kappa shape index (κ3) is 2.19. The van der Waals surface area contributed by atoms with E-state index in [1.54, 1.807) is 0 Å². The van der Waals surface area contributed by atoms with E-state index >= 15 is 0 Å². The highest BCUT2D eigenvalue weighted by Gasteiger charge is 1.88. The Morgan fingerprint density at radius 2 is 2.27 bits per heavy atom. The lowest BCUT2D eigenvalue weighted by atomic mass is 10.2. The average molecular weight is 147 g/mol. The molecule has 1 heterocycles. The molecule has 0 fully saturated rings. The lowest BCUT2D eigenvalue weighted by molar-refractivity contribution is 1.03. The smallest absolute Gasteiger partial charge is 0.0401 e. The predicted octanol–water partition coefficient (Wildman–Crippen LogP) is 2.68. The summed E-state index contributed by atoms with van der Waals surface area (Å²) in [6, 6.07) is 4.15. The van der Waals surface area contributed by atoms with Crippen molar-refractivity contribution in [2.45, 2.75) is 20.3 Å². The minimum absolute atomic E-state index is 1.01. The summed E-state index contributed by atoms with van der Waals surface area (Å²) in [5.74, 6) is 0. The molecule has 0 bridgehead atoms. The number of aryl methyl sites for hydroxylation is 1. The van der Waals surface area contributed by atoms with Crippen molar-refractivity contribution < 1.29 is 0 Å². The van der Waals surface area contributed by atoms with Crippen molar-refractivity contribution in [3.8, 4) is 0 Å². The van der Waals surface area contributed by atoms with Crippen molar-refractivity contribution in [3.63, 3.8) is 0 Å². The Kier molecular flexibility index (Phi) is 2.84. The summed E-state index contributed by atoms with van der Waals surface area (Å²) in [6.07, 6.45) is 6.98. The van der Waals surface area contributed by atoms with Crippen LogP contribution in [0.5, 0.6) is 0 Å². The monoisotopic (exact) mass is 147 g/mol. The molecule has 1 aromatic heterocycles. The Morgan fingerprint density at radius 3 is 2.73 bits per heavy atom. The van der Waals surface area contributed by atoms with Gasteiger partial charge in [0.2, 0.25) is 0 Å². The molecule has 1 heteroatoms.